The Labute approximate surface area is 158 Å². The molecule has 0 saturated carbocycles. The van der Waals surface area contributed by atoms with Crippen LogP contribution in [0.25, 0.3) is 11.3 Å². The molecule has 1 aliphatic rings. The Hall–Kier alpha value is -1.41. The Balaban J connectivity index is 2.04. The molecule has 2 N–H and O–H groups in total. The van der Waals surface area contributed by atoms with Gasteiger partial charge in [0.2, 0.25) is 0 Å². The van der Waals surface area contributed by atoms with Crippen molar-refractivity contribution in [3.63, 3.8) is 0 Å². The number of alkyl halides is 2. The van der Waals surface area contributed by atoms with E-state index in [2.05, 4.69) is 21.1 Å². The van der Waals surface area contributed by atoms with Gasteiger partial charge in [-0.1, -0.05) is 44.8 Å². The average molecular weight is 432 g/mol. The van der Waals surface area contributed by atoms with Crippen molar-refractivity contribution in [3.8, 4) is 11.3 Å². The predicted molar refractivity (Wildman–Crippen MR) is 96.0 cm³/mol. The maximum Gasteiger partial charge on any atom is 0.260 e. The van der Waals surface area contributed by atoms with Gasteiger partial charge in [0.15, 0.2) is 5.76 Å². The standard InChI is InChI=1S/C17H17BrClFN2O3/c18-7-9-24-17(19)14(23-10-8-21)6-5-12-15(22-25-16(12)17)11-3-1-2-4-13(11)20/h1-4,6H,5,7-10,21H2. The Morgan fingerprint density at radius 2 is 2.16 bits per heavy atom. The van der Waals surface area contributed by atoms with E-state index in [1.165, 1.54) is 6.07 Å². The molecule has 1 aliphatic carbocycles. The molecule has 1 atom stereocenters. The third kappa shape index (κ3) is 3.46. The number of allylic oxidation sites excluding steroid dienone is 1. The first-order valence-corrected chi connectivity index (χ1v) is 9.28. The number of aromatic nitrogens is 1. The smallest absolute Gasteiger partial charge is 0.260 e. The normalized spacial score (nSPS) is 19.4. The summed E-state index contributed by atoms with van der Waals surface area (Å²) in [5, 5.41) is 3.17. The molecule has 25 heavy (non-hydrogen) atoms. The van der Waals surface area contributed by atoms with Crippen LogP contribution < -0.4 is 5.73 Å². The average Bonchev–Trinajstić information content (AvgIpc) is 3.05. The molecule has 5 nitrogen and oxygen atoms in total. The fourth-order valence-corrected chi connectivity index (χ4v) is 3.21. The molecule has 0 saturated heterocycles. The number of ether oxygens (including phenoxy) is 2. The number of nitrogens with two attached hydrogens (primary N) is 1. The van der Waals surface area contributed by atoms with E-state index in [4.69, 9.17) is 31.3 Å². The minimum absolute atomic E-state index is 0.293. The summed E-state index contributed by atoms with van der Waals surface area (Å²) >= 11 is 10.0. The molecule has 1 unspecified atom stereocenters. The minimum Gasteiger partial charge on any atom is -0.492 e. The fourth-order valence-electron chi connectivity index (χ4n) is 2.69. The summed E-state index contributed by atoms with van der Waals surface area (Å²) in [6.07, 6.45) is 2.23. The third-order valence-electron chi connectivity index (χ3n) is 3.77. The SMILES string of the molecule is NCCOC1=CCc2c(-c3ccccc3F)noc2C1(Cl)OCCBr. The molecule has 0 bridgehead atoms. The Morgan fingerprint density at radius 1 is 1.36 bits per heavy atom. The monoisotopic (exact) mass is 430 g/mol. The van der Waals surface area contributed by atoms with Crippen molar-refractivity contribution in [2.24, 2.45) is 5.73 Å². The van der Waals surface area contributed by atoms with E-state index in [9.17, 15) is 4.39 Å². The molecular weight excluding hydrogens is 415 g/mol. The second kappa shape index (κ2) is 7.86. The summed E-state index contributed by atoms with van der Waals surface area (Å²) in [5.41, 5.74) is 6.95. The molecule has 0 amide bonds. The van der Waals surface area contributed by atoms with Crippen LogP contribution in [0.4, 0.5) is 4.39 Å². The molecule has 1 heterocycles. The van der Waals surface area contributed by atoms with Gasteiger partial charge in [0, 0.05) is 23.0 Å². The zero-order valence-corrected chi connectivity index (χ0v) is 15.6. The lowest BCUT2D eigenvalue weighted by Gasteiger charge is -2.30. The Bertz CT molecular complexity index is 783. The Kier molecular flexibility index (Phi) is 5.78. The Morgan fingerprint density at radius 3 is 2.88 bits per heavy atom. The quantitative estimate of drug-likeness (QED) is 0.677. The molecule has 8 heteroatoms. The second-order valence-corrected chi connectivity index (χ2v) is 6.69. The molecule has 1 aromatic heterocycles. The van der Waals surface area contributed by atoms with Crippen LogP contribution in [0.3, 0.4) is 0 Å². The maximum atomic E-state index is 14.2. The summed E-state index contributed by atoms with van der Waals surface area (Å²) in [4.78, 5) is 0. The number of fused-ring (bicyclic) bond motifs is 1. The van der Waals surface area contributed by atoms with Crippen molar-refractivity contribution in [3.05, 3.63) is 53.2 Å². The van der Waals surface area contributed by atoms with Gasteiger partial charge >= 0.3 is 0 Å². The summed E-state index contributed by atoms with van der Waals surface area (Å²) < 4.78 is 31.1. The predicted octanol–water partition coefficient (Wildman–Crippen LogP) is 3.70. The van der Waals surface area contributed by atoms with Gasteiger partial charge < -0.3 is 19.7 Å². The summed E-state index contributed by atoms with van der Waals surface area (Å²) in [7, 11) is 0. The van der Waals surface area contributed by atoms with Crippen molar-refractivity contribution < 1.29 is 18.4 Å². The van der Waals surface area contributed by atoms with Crippen LogP contribution in [-0.2, 0) is 21.0 Å². The first kappa shape index (κ1) is 18.4. The molecular formula is C17H17BrClFN2O3. The van der Waals surface area contributed by atoms with Gasteiger partial charge in [-0.2, -0.15) is 0 Å². The molecule has 3 rings (SSSR count). The zero-order valence-electron chi connectivity index (χ0n) is 13.3. The molecule has 0 radical (unpaired) electrons. The van der Waals surface area contributed by atoms with Gasteiger partial charge in [-0.25, -0.2) is 4.39 Å². The second-order valence-electron chi connectivity index (χ2n) is 5.36. The summed E-state index contributed by atoms with van der Waals surface area (Å²) in [6, 6.07) is 6.38. The van der Waals surface area contributed by atoms with Crippen LogP contribution in [0.15, 0.2) is 40.6 Å². The third-order valence-corrected chi connectivity index (χ3v) is 4.56. The summed E-state index contributed by atoms with van der Waals surface area (Å²) in [6.45, 7) is 0.954. The van der Waals surface area contributed by atoms with Crippen molar-refractivity contribution in [1.82, 2.24) is 5.16 Å². The van der Waals surface area contributed by atoms with Crippen LogP contribution in [0, 0.1) is 5.82 Å². The number of benzene rings is 1. The molecule has 2 aromatic rings. The van der Waals surface area contributed by atoms with Crippen molar-refractivity contribution >= 4 is 27.5 Å². The lowest BCUT2D eigenvalue weighted by Crippen LogP contribution is -2.32. The number of rotatable bonds is 7. The first-order valence-electron chi connectivity index (χ1n) is 7.78. The van der Waals surface area contributed by atoms with E-state index < -0.39 is 5.06 Å². The molecule has 1 aromatic carbocycles. The first-order chi connectivity index (χ1) is 12.1. The number of halogens is 3. The molecule has 0 aliphatic heterocycles. The van der Waals surface area contributed by atoms with Gasteiger partial charge in [-0.3, -0.25) is 0 Å². The molecule has 134 valence electrons. The summed E-state index contributed by atoms with van der Waals surface area (Å²) in [5.74, 6) is 0.335. The zero-order chi connectivity index (χ0) is 17.9. The minimum atomic E-state index is -1.45. The van der Waals surface area contributed by atoms with Crippen molar-refractivity contribution in [2.75, 3.05) is 25.1 Å². The highest BCUT2D eigenvalue weighted by Crippen LogP contribution is 2.46. The van der Waals surface area contributed by atoms with Crippen LogP contribution in [0.2, 0.25) is 0 Å². The molecule has 0 spiro atoms. The highest BCUT2D eigenvalue weighted by atomic mass is 79.9. The number of hydrogen-bond donors (Lipinski definition) is 1. The topological polar surface area (TPSA) is 70.5 Å². The largest absolute Gasteiger partial charge is 0.492 e. The maximum absolute atomic E-state index is 14.2. The van der Waals surface area contributed by atoms with E-state index in [1.54, 1.807) is 24.3 Å². The van der Waals surface area contributed by atoms with Gasteiger partial charge in [0.1, 0.15) is 23.9 Å². The van der Waals surface area contributed by atoms with Crippen molar-refractivity contribution in [1.29, 1.82) is 0 Å². The van der Waals surface area contributed by atoms with Gasteiger partial charge in [-0.15, -0.1) is 0 Å². The van der Waals surface area contributed by atoms with E-state index >= 15 is 0 Å². The highest BCUT2D eigenvalue weighted by molar-refractivity contribution is 9.09. The lowest BCUT2D eigenvalue weighted by atomic mass is 9.95. The van der Waals surface area contributed by atoms with Crippen LogP contribution in [0.1, 0.15) is 11.3 Å². The van der Waals surface area contributed by atoms with E-state index in [0.717, 1.165) is 0 Å². The van der Waals surface area contributed by atoms with Gasteiger partial charge in [0.05, 0.1) is 6.61 Å². The molecule has 0 fully saturated rings. The van der Waals surface area contributed by atoms with Gasteiger partial charge in [0.25, 0.3) is 5.06 Å². The number of hydrogen-bond acceptors (Lipinski definition) is 5. The van der Waals surface area contributed by atoms with Crippen LogP contribution >= 0.6 is 27.5 Å². The van der Waals surface area contributed by atoms with E-state index in [0.29, 0.717) is 59.8 Å². The van der Waals surface area contributed by atoms with E-state index in [-0.39, 0.29) is 5.82 Å². The van der Waals surface area contributed by atoms with Crippen LogP contribution in [0.5, 0.6) is 0 Å². The highest BCUT2D eigenvalue weighted by Gasteiger charge is 2.46. The lowest BCUT2D eigenvalue weighted by molar-refractivity contribution is -0.0130. The van der Waals surface area contributed by atoms with Crippen LogP contribution in [-0.4, -0.2) is 30.2 Å². The van der Waals surface area contributed by atoms with Gasteiger partial charge in [-0.05, 0) is 24.6 Å². The number of nitrogens with zero attached hydrogens (tertiary/aromatic N) is 1. The van der Waals surface area contributed by atoms with E-state index in [1.807, 2.05) is 0 Å². The fraction of sp³-hybridized carbons (Fsp3) is 0.353. The van der Waals surface area contributed by atoms with Crippen molar-refractivity contribution in [2.45, 2.75) is 11.5 Å².